The highest BCUT2D eigenvalue weighted by Crippen LogP contribution is 2.43. The van der Waals surface area contributed by atoms with Gasteiger partial charge in [-0.15, -0.1) is 0 Å². The Hall–Kier alpha value is 0.310. The fourth-order valence-electron chi connectivity index (χ4n) is 3.78. The minimum Gasteiger partial charge on any atom is -0.312 e. The second-order valence-electron chi connectivity index (χ2n) is 7.05. The molecule has 2 aliphatic rings. The molecule has 0 aromatic heterocycles. The molecular weight excluding hydrogens is 238 g/mol. The van der Waals surface area contributed by atoms with Gasteiger partial charge >= 0.3 is 0 Å². The van der Waals surface area contributed by atoms with Gasteiger partial charge in [0.05, 0.1) is 0 Å². The van der Waals surface area contributed by atoms with Gasteiger partial charge < -0.3 is 5.32 Å². The van der Waals surface area contributed by atoms with Crippen LogP contribution in [-0.2, 0) is 0 Å². The number of hydrogen-bond acceptors (Lipinski definition) is 2. The lowest BCUT2D eigenvalue weighted by molar-refractivity contribution is 0.162. The van der Waals surface area contributed by atoms with Crippen molar-refractivity contribution < 1.29 is 0 Å². The summed E-state index contributed by atoms with van der Waals surface area (Å²) in [4.78, 5) is 0. The van der Waals surface area contributed by atoms with Gasteiger partial charge in [0.1, 0.15) is 0 Å². The lowest BCUT2D eigenvalue weighted by Gasteiger charge is -2.44. The lowest BCUT2D eigenvalue weighted by Crippen LogP contribution is -2.50. The largest absolute Gasteiger partial charge is 0.312 e. The normalized spacial score (nSPS) is 35.5. The van der Waals surface area contributed by atoms with Gasteiger partial charge in [-0.1, -0.05) is 33.6 Å². The van der Waals surface area contributed by atoms with E-state index in [1.54, 1.807) is 0 Å². The van der Waals surface area contributed by atoms with Crippen molar-refractivity contribution in [3.8, 4) is 0 Å². The van der Waals surface area contributed by atoms with Crippen molar-refractivity contribution in [1.82, 2.24) is 5.32 Å². The molecule has 106 valence electrons. The molecule has 2 rings (SSSR count). The van der Waals surface area contributed by atoms with Crippen molar-refractivity contribution in [3.05, 3.63) is 0 Å². The molecule has 3 unspecified atom stereocenters. The van der Waals surface area contributed by atoms with E-state index in [2.05, 4.69) is 44.1 Å². The second-order valence-corrected chi connectivity index (χ2v) is 8.33. The topological polar surface area (TPSA) is 12.0 Å². The van der Waals surface area contributed by atoms with Crippen LogP contribution < -0.4 is 5.32 Å². The Balaban J connectivity index is 1.88. The third-order valence-electron chi connectivity index (χ3n) is 5.41. The highest BCUT2D eigenvalue weighted by molar-refractivity contribution is 8.00. The van der Waals surface area contributed by atoms with Gasteiger partial charge in [-0.05, 0) is 49.7 Å². The monoisotopic (exact) mass is 269 g/mol. The minimum atomic E-state index is 0.586. The van der Waals surface area contributed by atoms with E-state index in [9.17, 15) is 0 Å². The van der Waals surface area contributed by atoms with E-state index >= 15 is 0 Å². The zero-order valence-corrected chi connectivity index (χ0v) is 13.5. The number of thioether (sulfide) groups is 1. The van der Waals surface area contributed by atoms with Crippen LogP contribution in [0.15, 0.2) is 0 Å². The zero-order chi connectivity index (χ0) is 13.2. The summed E-state index contributed by atoms with van der Waals surface area (Å²) in [5, 5.41) is 3.96. The quantitative estimate of drug-likeness (QED) is 0.797. The van der Waals surface area contributed by atoms with Crippen LogP contribution in [0.3, 0.4) is 0 Å². The van der Waals surface area contributed by atoms with Crippen molar-refractivity contribution in [2.45, 2.75) is 70.1 Å². The molecule has 2 fully saturated rings. The molecule has 0 aromatic carbocycles. The Morgan fingerprint density at radius 2 is 2.00 bits per heavy atom. The molecule has 0 heterocycles. The highest BCUT2D eigenvalue weighted by Gasteiger charge is 2.38. The molecule has 2 aliphatic carbocycles. The van der Waals surface area contributed by atoms with Gasteiger partial charge in [0, 0.05) is 17.3 Å². The molecule has 18 heavy (non-hydrogen) atoms. The number of nitrogens with one attached hydrogen (secondary N) is 1. The van der Waals surface area contributed by atoms with E-state index in [-0.39, 0.29) is 0 Å². The molecule has 0 spiro atoms. The molecule has 0 amide bonds. The van der Waals surface area contributed by atoms with Crippen molar-refractivity contribution in [2.75, 3.05) is 12.8 Å². The van der Waals surface area contributed by atoms with Crippen LogP contribution >= 0.6 is 11.8 Å². The standard InChI is InChI=1S/C16H31NS/c1-12(2)14-7-6-13(3)10-15(14)17-11-16(18-4)8-5-9-16/h12-15,17H,5-11H2,1-4H3. The zero-order valence-electron chi connectivity index (χ0n) is 12.7. The molecule has 0 radical (unpaired) electrons. The maximum Gasteiger partial charge on any atom is 0.0281 e. The van der Waals surface area contributed by atoms with E-state index in [1.807, 2.05) is 0 Å². The van der Waals surface area contributed by atoms with Crippen LogP contribution in [0.25, 0.3) is 0 Å². The summed E-state index contributed by atoms with van der Waals surface area (Å²) in [6.07, 6.45) is 10.9. The molecule has 2 heteroatoms. The average molecular weight is 269 g/mol. The first-order valence-electron chi connectivity index (χ1n) is 7.85. The summed E-state index contributed by atoms with van der Waals surface area (Å²) in [5.74, 6) is 2.66. The van der Waals surface area contributed by atoms with E-state index < -0.39 is 0 Å². The first-order valence-corrected chi connectivity index (χ1v) is 9.07. The maximum atomic E-state index is 3.96. The van der Waals surface area contributed by atoms with Crippen LogP contribution in [0, 0.1) is 17.8 Å². The molecule has 1 N–H and O–H groups in total. The molecule has 1 nitrogen and oxygen atoms in total. The van der Waals surface area contributed by atoms with Gasteiger partial charge in [0.15, 0.2) is 0 Å². The van der Waals surface area contributed by atoms with Crippen LogP contribution in [0.4, 0.5) is 0 Å². The van der Waals surface area contributed by atoms with Gasteiger partial charge in [0.25, 0.3) is 0 Å². The van der Waals surface area contributed by atoms with Crippen LogP contribution in [0.2, 0.25) is 0 Å². The summed E-state index contributed by atoms with van der Waals surface area (Å²) in [6.45, 7) is 8.49. The third-order valence-corrected chi connectivity index (χ3v) is 6.83. The molecule has 0 aliphatic heterocycles. The highest BCUT2D eigenvalue weighted by atomic mass is 32.2. The maximum absolute atomic E-state index is 3.96. The second kappa shape index (κ2) is 6.17. The first-order chi connectivity index (χ1) is 8.56. The van der Waals surface area contributed by atoms with Crippen LogP contribution in [-0.4, -0.2) is 23.6 Å². The predicted octanol–water partition coefficient (Wildman–Crippen LogP) is 4.32. The molecular formula is C16H31NS. The van der Waals surface area contributed by atoms with Gasteiger partial charge in [-0.25, -0.2) is 0 Å². The Morgan fingerprint density at radius 3 is 2.50 bits per heavy atom. The lowest BCUT2D eigenvalue weighted by atomic mass is 9.73. The average Bonchev–Trinajstić information content (AvgIpc) is 2.28. The Labute approximate surface area is 118 Å². The Bertz CT molecular complexity index is 254. The fraction of sp³-hybridized carbons (Fsp3) is 1.00. The summed E-state index contributed by atoms with van der Waals surface area (Å²) in [5.41, 5.74) is 0. The van der Waals surface area contributed by atoms with Crippen LogP contribution in [0.1, 0.15) is 59.3 Å². The predicted molar refractivity (Wildman–Crippen MR) is 83.2 cm³/mol. The van der Waals surface area contributed by atoms with Crippen molar-refractivity contribution >= 4 is 11.8 Å². The van der Waals surface area contributed by atoms with E-state index in [0.29, 0.717) is 4.75 Å². The molecule has 2 saturated carbocycles. The van der Waals surface area contributed by atoms with E-state index in [0.717, 1.165) is 23.8 Å². The third kappa shape index (κ3) is 3.25. The molecule has 0 bridgehead atoms. The smallest absolute Gasteiger partial charge is 0.0281 e. The Kier molecular flexibility index (Phi) is 5.05. The van der Waals surface area contributed by atoms with Crippen molar-refractivity contribution in [3.63, 3.8) is 0 Å². The van der Waals surface area contributed by atoms with E-state index in [1.165, 1.54) is 45.1 Å². The number of hydrogen-bond donors (Lipinski definition) is 1. The van der Waals surface area contributed by atoms with Crippen LogP contribution in [0.5, 0.6) is 0 Å². The van der Waals surface area contributed by atoms with Crippen molar-refractivity contribution in [2.24, 2.45) is 17.8 Å². The van der Waals surface area contributed by atoms with Gasteiger partial charge in [-0.3, -0.25) is 0 Å². The summed E-state index contributed by atoms with van der Waals surface area (Å²) < 4.78 is 0.586. The Morgan fingerprint density at radius 1 is 1.28 bits per heavy atom. The molecule has 3 atom stereocenters. The summed E-state index contributed by atoms with van der Waals surface area (Å²) in [6, 6.07) is 0.776. The molecule has 0 aromatic rings. The number of rotatable bonds is 5. The minimum absolute atomic E-state index is 0.586. The first kappa shape index (κ1) is 14.7. The SMILES string of the molecule is CSC1(CNC2CC(C)CCC2C(C)C)CCC1. The van der Waals surface area contributed by atoms with E-state index in [4.69, 9.17) is 0 Å². The van der Waals surface area contributed by atoms with Gasteiger partial charge in [0.2, 0.25) is 0 Å². The fourth-order valence-corrected chi connectivity index (χ4v) is 4.70. The summed E-state index contributed by atoms with van der Waals surface area (Å²) in [7, 11) is 0. The van der Waals surface area contributed by atoms with Gasteiger partial charge in [-0.2, -0.15) is 11.8 Å². The van der Waals surface area contributed by atoms with Crippen molar-refractivity contribution in [1.29, 1.82) is 0 Å². The summed E-state index contributed by atoms with van der Waals surface area (Å²) >= 11 is 2.10. The molecule has 0 saturated heterocycles.